The van der Waals surface area contributed by atoms with Crippen LogP contribution >= 0.6 is 23.8 Å². The first-order chi connectivity index (χ1) is 11.6. The highest BCUT2D eigenvalue weighted by atomic mass is 35.5. The van der Waals surface area contributed by atoms with E-state index in [9.17, 15) is 9.90 Å². The molecule has 1 amide bonds. The molecule has 0 aromatic heterocycles. The Balaban J connectivity index is 2.19. The topological polar surface area (TPSA) is 61.4 Å². The van der Waals surface area contributed by atoms with Crippen LogP contribution in [0.2, 0.25) is 5.02 Å². The van der Waals surface area contributed by atoms with E-state index in [1.165, 1.54) is 0 Å². The number of aryl methyl sites for hydroxylation is 1. The first-order valence-corrected chi connectivity index (χ1v) is 8.59. The van der Waals surface area contributed by atoms with Crippen molar-refractivity contribution in [3.05, 3.63) is 58.1 Å². The molecule has 0 heterocycles. The quantitative estimate of drug-likeness (QED) is 0.521. The first-order valence-electron chi connectivity index (χ1n) is 7.80. The van der Waals surface area contributed by atoms with Crippen LogP contribution in [0, 0.1) is 6.92 Å². The van der Waals surface area contributed by atoms with Crippen LogP contribution in [0.5, 0.6) is 5.75 Å². The highest BCUT2D eigenvalue weighted by Gasteiger charge is 2.19. The van der Waals surface area contributed by atoms with Gasteiger partial charge in [-0.2, -0.15) is 0 Å². The highest BCUT2D eigenvalue weighted by Crippen LogP contribution is 2.37. The van der Waals surface area contributed by atoms with Crippen molar-refractivity contribution in [3.63, 3.8) is 0 Å². The molecular formula is C19H21ClN2O2S. The molecule has 2 rings (SSSR count). The summed E-state index contributed by atoms with van der Waals surface area (Å²) in [5, 5.41) is 15.9. The van der Waals surface area contributed by atoms with E-state index in [4.69, 9.17) is 23.8 Å². The summed E-state index contributed by atoms with van der Waals surface area (Å²) >= 11 is 11.3. The lowest BCUT2D eigenvalue weighted by atomic mass is 9.87. The predicted molar refractivity (Wildman–Crippen MR) is 107 cm³/mol. The van der Waals surface area contributed by atoms with E-state index in [-0.39, 0.29) is 27.2 Å². The van der Waals surface area contributed by atoms with E-state index < -0.39 is 0 Å². The number of hydrogen-bond acceptors (Lipinski definition) is 3. The molecule has 0 aliphatic heterocycles. The maximum Gasteiger partial charge on any atom is 0.257 e. The van der Waals surface area contributed by atoms with Crippen LogP contribution in [-0.4, -0.2) is 16.1 Å². The number of phenols is 1. The molecule has 0 unspecified atom stereocenters. The third kappa shape index (κ3) is 4.71. The minimum Gasteiger partial charge on any atom is -0.504 e. The fraction of sp³-hybridized carbons (Fsp3) is 0.263. The van der Waals surface area contributed by atoms with Gasteiger partial charge >= 0.3 is 0 Å². The lowest BCUT2D eigenvalue weighted by molar-refractivity contribution is 0.0977. The number of nitrogens with one attached hydrogen (secondary N) is 2. The van der Waals surface area contributed by atoms with Gasteiger partial charge in [0.2, 0.25) is 0 Å². The van der Waals surface area contributed by atoms with Crippen molar-refractivity contribution in [1.29, 1.82) is 0 Å². The zero-order valence-electron chi connectivity index (χ0n) is 14.6. The largest absolute Gasteiger partial charge is 0.504 e. The van der Waals surface area contributed by atoms with Crippen LogP contribution in [-0.2, 0) is 5.41 Å². The van der Waals surface area contributed by atoms with Crippen molar-refractivity contribution in [2.75, 3.05) is 5.32 Å². The van der Waals surface area contributed by atoms with Crippen LogP contribution < -0.4 is 10.6 Å². The summed E-state index contributed by atoms with van der Waals surface area (Å²) < 4.78 is 0. The van der Waals surface area contributed by atoms with Gasteiger partial charge in [-0.25, -0.2) is 0 Å². The molecule has 0 radical (unpaired) electrons. The number of halogens is 1. The summed E-state index contributed by atoms with van der Waals surface area (Å²) in [6, 6.07) is 10.7. The molecule has 6 heteroatoms. The van der Waals surface area contributed by atoms with E-state index in [1.54, 1.807) is 24.3 Å². The second-order valence-corrected chi connectivity index (χ2v) is 7.64. The lowest BCUT2D eigenvalue weighted by Gasteiger charge is -2.21. The SMILES string of the molecule is Cc1ccccc1C(=O)NC(=S)Nc1cc(C(C)(C)C)cc(Cl)c1O. The fourth-order valence-electron chi connectivity index (χ4n) is 2.28. The van der Waals surface area contributed by atoms with Gasteiger partial charge < -0.3 is 10.4 Å². The molecule has 0 saturated carbocycles. The maximum absolute atomic E-state index is 12.3. The highest BCUT2D eigenvalue weighted by molar-refractivity contribution is 7.80. The molecule has 0 bridgehead atoms. The van der Waals surface area contributed by atoms with Crippen molar-refractivity contribution in [2.24, 2.45) is 0 Å². The average Bonchev–Trinajstić information content (AvgIpc) is 2.50. The summed E-state index contributed by atoms with van der Waals surface area (Å²) in [6.07, 6.45) is 0. The molecule has 0 saturated heterocycles. The Morgan fingerprint density at radius 3 is 2.44 bits per heavy atom. The van der Waals surface area contributed by atoms with E-state index in [0.717, 1.165) is 11.1 Å². The molecule has 132 valence electrons. The molecule has 0 spiro atoms. The number of anilines is 1. The number of thiocarbonyl (C=S) groups is 1. The molecule has 0 aliphatic rings. The number of carbonyl (C=O) groups excluding carboxylic acids is 1. The summed E-state index contributed by atoms with van der Waals surface area (Å²) in [7, 11) is 0. The number of aromatic hydroxyl groups is 1. The normalized spacial score (nSPS) is 11.1. The molecule has 4 nitrogen and oxygen atoms in total. The van der Waals surface area contributed by atoms with Crippen LogP contribution in [0.4, 0.5) is 5.69 Å². The summed E-state index contributed by atoms with van der Waals surface area (Å²) in [5.74, 6) is -0.421. The first kappa shape index (κ1) is 19.2. The molecular weight excluding hydrogens is 356 g/mol. The Morgan fingerprint density at radius 2 is 1.84 bits per heavy atom. The average molecular weight is 377 g/mol. The van der Waals surface area contributed by atoms with Gasteiger partial charge in [-0.1, -0.05) is 50.6 Å². The van der Waals surface area contributed by atoms with Crippen molar-refractivity contribution in [2.45, 2.75) is 33.1 Å². The summed E-state index contributed by atoms with van der Waals surface area (Å²) in [6.45, 7) is 7.97. The Labute approximate surface area is 158 Å². The van der Waals surface area contributed by atoms with Gasteiger partial charge in [-0.3, -0.25) is 10.1 Å². The third-order valence-electron chi connectivity index (χ3n) is 3.79. The molecule has 0 aliphatic carbocycles. The maximum atomic E-state index is 12.3. The lowest BCUT2D eigenvalue weighted by Crippen LogP contribution is -2.34. The van der Waals surface area contributed by atoms with Gasteiger partial charge in [0.15, 0.2) is 10.9 Å². The van der Waals surface area contributed by atoms with Crippen LogP contribution in [0.3, 0.4) is 0 Å². The number of rotatable bonds is 2. The van der Waals surface area contributed by atoms with Crippen molar-refractivity contribution in [3.8, 4) is 5.75 Å². The van der Waals surface area contributed by atoms with E-state index in [1.807, 2.05) is 39.8 Å². The zero-order valence-corrected chi connectivity index (χ0v) is 16.2. The van der Waals surface area contributed by atoms with E-state index in [2.05, 4.69) is 10.6 Å². The van der Waals surface area contributed by atoms with Crippen LogP contribution in [0.25, 0.3) is 0 Å². The molecule has 0 fully saturated rings. The Hall–Kier alpha value is -2.11. The van der Waals surface area contributed by atoms with Crippen molar-refractivity contribution < 1.29 is 9.90 Å². The van der Waals surface area contributed by atoms with Crippen molar-refractivity contribution in [1.82, 2.24) is 5.32 Å². The van der Waals surface area contributed by atoms with Crippen molar-refractivity contribution >= 4 is 40.5 Å². The standard InChI is InChI=1S/C19H21ClN2O2S/c1-11-7-5-6-8-13(11)17(24)22-18(25)21-15-10-12(19(2,3)4)9-14(20)16(15)23/h5-10,23H,1-4H3,(H2,21,22,24,25). The zero-order chi connectivity index (χ0) is 18.8. The van der Waals surface area contributed by atoms with Gasteiger partial charge in [-0.15, -0.1) is 0 Å². The summed E-state index contributed by atoms with van der Waals surface area (Å²) in [5.41, 5.74) is 2.53. The molecule has 2 aromatic rings. The van der Waals surface area contributed by atoms with Gasteiger partial charge in [0.1, 0.15) is 0 Å². The smallest absolute Gasteiger partial charge is 0.257 e. The molecule has 25 heavy (non-hydrogen) atoms. The second kappa shape index (κ2) is 7.42. The second-order valence-electron chi connectivity index (χ2n) is 6.83. The van der Waals surface area contributed by atoms with Gasteiger partial charge in [0, 0.05) is 5.56 Å². The number of phenolic OH excluding ortho intramolecular Hbond substituents is 1. The minimum absolute atomic E-state index is 0.0886. The molecule has 0 atom stereocenters. The summed E-state index contributed by atoms with van der Waals surface area (Å²) in [4.78, 5) is 12.3. The minimum atomic E-state index is -0.312. The molecule has 3 N–H and O–H groups in total. The third-order valence-corrected chi connectivity index (χ3v) is 4.29. The number of hydrogen-bond donors (Lipinski definition) is 3. The Morgan fingerprint density at radius 1 is 1.20 bits per heavy atom. The number of amides is 1. The predicted octanol–water partition coefficient (Wildman–Crippen LogP) is 4.78. The van der Waals surface area contributed by atoms with Gasteiger partial charge in [0.05, 0.1) is 10.7 Å². The van der Waals surface area contributed by atoms with E-state index in [0.29, 0.717) is 11.3 Å². The van der Waals surface area contributed by atoms with E-state index >= 15 is 0 Å². The number of benzene rings is 2. The van der Waals surface area contributed by atoms with Gasteiger partial charge in [0.25, 0.3) is 5.91 Å². The Kier molecular flexibility index (Phi) is 5.70. The Bertz CT molecular complexity index is 829. The molecule has 2 aromatic carbocycles. The fourth-order valence-corrected chi connectivity index (χ4v) is 2.70. The number of carbonyl (C=O) groups is 1. The van der Waals surface area contributed by atoms with Crippen LogP contribution in [0.1, 0.15) is 42.3 Å². The monoisotopic (exact) mass is 376 g/mol. The van der Waals surface area contributed by atoms with Gasteiger partial charge in [-0.05, 0) is 53.9 Å². The van der Waals surface area contributed by atoms with Crippen LogP contribution in [0.15, 0.2) is 36.4 Å².